The zero-order valence-corrected chi connectivity index (χ0v) is 14.7. The Balaban J connectivity index is 1.63. The molecule has 2 atom stereocenters. The minimum Gasteiger partial charge on any atom is -0.388 e. The molecule has 1 saturated heterocycles. The van der Waals surface area contributed by atoms with Crippen molar-refractivity contribution >= 4 is 11.6 Å². The van der Waals surface area contributed by atoms with Gasteiger partial charge in [-0.05, 0) is 49.1 Å². The van der Waals surface area contributed by atoms with E-state index in [-0.39, 0.29) is 5.91 Å². The van der Waals surface area contributed by atoms with E-state index in [0.717, 1.165) is 43.6 Å². The zero-order chi connectivity index (χ0) is 17.6. The fraction of sp³-hybridized carbons (Fsp3) is 0.381. The van der Waals surface area contributed by atoms with Crippen molar-refractivity contribution in [2.75, 3.05) is 11.9 Å². The number of nitrogens with zero attached hydrogens (tertiary/aromatic N) is 1. The number of rotatable bonds is 6. The number of hydrogen-bond donors (Lipinski definition) is 2. The van der Waals surface area contributed by atoms with Crippen LogP contribution in [-0.2, 0) is 11.3 Å². The highest BCUT2D eigenvalue weighted by Gasteiger charge is 2.27. The Labute approximate surface area is 149 Å². The molecule has 1 heterocycles. The Morgan fingerprint density at radius 3 is 2.80 bits per heavy atom. The van der Waals surface area contributed by atoms with Gasteiger partial charge in [-0.15, -0.1) is 0 Å². The van der Waals surface area contributed by atoms with E-state index in [4.69, 9.17) is 0 Å². The molecular formula is C21H26N2O2. The lowest BCUT2D eigenvalue weighted by atomic mass is 10.0. The summed E-state index contributed by atoms with van der Waals surface area (Å²) in [5, 5.41) is 13.4. The topological polar surface area (TPSA) is 52.6 Å². The predicted molar refractivity (Wildman–Crippen MR) is 100 cm³/mol. The maximum atomic E-state index is 11.2. The van der Waals surface area contributed by atoms with Crippen molar-refractivity contribution in [3.8, 4) is 0 Å². The third-order valence-corrected chi connectivity index (χ3v) is 4.81. The minimum atomic E-state index is -0.419. The first-order chi connectivity index (χ1) is 12.1. The van der Waals surface area contributed by atoms with Crippen LogP contribution in [0.3, 0.4) is 0 Å². The van der Waals surface area contributed by atoms with E-state index in [1.807, 2.05) is 48.5 Å². The maximum Gasteiger partial charge on any atom is 0.221 e. The highest BCUT2D eigenvalue weighted by Crippen LogP contribution is 2.28. The number of hydrogen-bond acceptors (Lipinski definition) is 3. The summed E-state index contributed by atoms with van der Waals surface area (Å²) in [6.07, 6.45) is 2.62. The quantitative estimate of drug-likeness (QED) is 0.844. The lowest BCUT2D eigenvalue weighted by Gasteiger charge is -2.26. The van der Waals surface area contributed by atoms with Crippen LogP contribution in [0.1, 0.15) is 43.4 Å². The Hall–Kier alpha value is -2.17. The summed E-state index contributed by atoms with van der Waals surface area (Å²) in [6, 6.07) is 18.3. The van der Waals surface area contributed by atoms with E-state index in [0.29, 0.717) is 6.04 Å². The van der Waals surface area contributed by atoms with E-state index in [9.17, 15) is 9.90 Å². The second kappa shape index (κ2) is 8.28. The molecule has 1 aliphatic heterocycles. The van der Waals surface area contributed by atoms with Crippen molar-refractivity contribution in [3.05, 3.63) is 65.7 Å². The summed E-state index contributed by atoms with van der Waals surface area (Å²) < 4.78 is 0. The maximum absolute atomic E-state index is 11.2. The van der Waals surface area contributed by atoms with Crippen molar-refractivity contribution in [1.82, 2.24) is 4.90 Å². The first-order valence-electron chi connectivity index (χ1n) is 8.95. The average Bonchev–Trinajstić information content (AvgIpc) is 3.02. The fourth-order valence-corrected chi connectivity index (χ4v) is 3.62. The third-order valence-electron chi connectivity index (χ3n) is 4.81. The Kier molecular flexibility index (Phi) is 5.84. The van der Waals surface area contributed by atoms with Gasteiger partial charge in [0.1, 0.15) is 0 Å². The molecule has 0 aliphatic carbocycles. The molecule has 4 nitrogen and oxygen atoms in total. The number of likely N-dealkylation sites (tertiary alicyclic amines) is 1. The van der Waals surface area contributed by atoms with Crippen molar-refractivity contribution in [2.24, 2.45) is 0 Å². The zero-order valence-electron chi connectivity index (χ0n) is 14.7. The van der Waals surface area contributed by atoms with Gasteiger partial charge >= 0.3 is 0 Å². The van der Waals surface area contributed by atoms with E-state index in [1.54, 1.807) is 0 Å². The molecule has 1 amide bonds. The van der Waals surface area contributed by atoms with Crippen LogP contribution >= 0.6 is 0 Å². The summed E-state index contributed by atoms with van der Waals surface area (Å²) >= 11 is 0. The molecule has 132 valence electrons. The Morgan fingerprint density at radius 2 is 2.04 bits per heavy atom. The Bertz CT molecular complexity index is 702. The molecule has 2 aromatic carbocycles. The standard InChI is InChI=1S/C21H26N2O2/c1-16(24)22-19-10-5-7-17(13-19)15-23-12-6-11-20(23)14-21(25)18-8-3-2-4-9-18/h2-5,7-10,13,20-21,25H,6,11-12,14-15H2,1H3,(H,22,24)/t20-,21+/m1/s1. The largest absolute Gasteiger partial charge is 0.388 e. The molecule has 2 aromatic rings. The minimum absolute atomic E-state index is 0.0535. The predicted octanol–water partition coefficient (Wildman–Crippen LogP) is 3.73. The van der Waals surface area contributed by atoms with Gasteiger partial charge in [0.15, 0.2) is 0 Å². The van der Waals surface area contributed by atoms with Crippen molar-refractivity contribution in [1.29, 1.82) is 0 Å². The first kappa shape index (κ1) is 17.6. The van der Waals surface area contributed by atoms with Crippen molar-refractivity contribution < 1.29 is 9.90 Å². The number of aliphatic hydroxyl groups is 1. The number of aliphatic hydroxyl groups excluding tert-OH is 1. The lowest BCUT2D eigenvalue weighted by Crippen LogP contribution is -2.30. The normalized spacial score (nSPS) is 18.9. The number of anilines is 1. The van der Waals surface area contributed by atoms with E-state index in [2.05, 4.69) is 16.3 Å². The third kappa shape index (κ3) is 4.91. The summed E-state index contributed by atoms with van der Waals surface area (Å²) in [6.45, 7) is 3.42. The molecule has 0 radical (unpaired) electrons. The van der Waals surface area contributed by atoms with Crippen LogP contribution < -0.4 is 5.32 Å². The number of amides is 1. The summed E-state index contributed by atoms with van der Waals surface area (Å²) in [5.41, 5.74) is 3.01. The molecule has 1 aliphatic rings. The summed E-state index contributed by atoms with van der Waals surface area (Å²) in [5.74, 6) is -0.0535. The second-order valence-electron chi connectivity index (χ2n) is 6.81. The van der Waals surface area contributed by atoms with Gasteiger partial charge in [0.2, 0.25) is 5.91 Å². The molecule has 0 saturated carbocycles. The smallest absolute Gasteiger partial charge is 0.221 e. The lowest BCUT2D eigenvalue weighted by molar-refractivity contribution is -0.114. The highest BCUT2D eigenvalue weighted by atomic mass is 16.3. The van der Waals surface area contributed by atoms with Gasteiger partial charge in [0, 0.05) is 25.2 Å². The fourth-order valence-electron chi connectivity index (χ4n) is 3.62. The second-order valence-corrected chi connectivity index (χ2v) is 6.81. The van der Waals surface area contributed by atoms with Crippen molar-refractivity contribution in [3.63, 3.8) is 0 Å². The van der Waals surface area contributed by atoms with Gasteiger partial charge in [-0.3, -0.25) is 9.69 Å². The number of carbonyl (C=O) groups excluding carboxylic acids is 1. The van der Waals surface area contributed by atoms with Crippen LogP contribution in [0.2, 0.25) is 0 Å². The monoisotopic (exact) mass is 338 g/mol. The SMILES string of the molecule is CC(=O)Nc1cccc(CN2CCC[C@@H]2C[C@H](O)c2ccccc2)c1. The average molecular weight is 338 g/mol. The van der Waals surface area contributed by atoms with Crippen LogP contribution in [0.15, 0.2) is 54.6 Å². The van der Waals surface area contributed by atoms with Gasteiger partial charge in [-0.25, -0.2) is 0 Å². The molecule has 2 N–H and O–H groups in total. The number of nitrogens with one attached hydrogen (secondary N) is 1. The van der Waals surface area contributed by atoms with Crippen LogP contribution in [0.4, 0.5) is 5.69 Å². The van der Waals surface area contributed by atoms with Crippen LogP contribution in [-0.4, -0.2) is 28.5 Å². The van der Waals surface area contributed by atoms with E-state index < -0.39 is 6.10 Å². The summed E-state index contributed by atoms with van der Waals surface area (Å²) in [4.78, 5) is 13.7. The van der Waals surface area contributed by atoms with Gasteiger partial charge in [0.25, 0.3) is 0 Å². The van der Waals surface area contributed by atoms with Gasteiger partial charge in [-0.2, -0.15) is 0 Å². The van der Waals surface area contributed by atoms with E-state index >= 15 is 0 Å². The number of benzene rings is 2. The van der Waals surface area contributed by atoms with Crippen LogP contribution in [0, 0.1) is 0 Å². The van der Waals surface area contributed by atoms with Gasteiger partial charge in [0.05, 0.1) is 6.10 Å². The van der Waals surface area contributed by atoms with Gasteiger partial charge < -0.3 is 10.4 Å². The van der Waals surface area contributed by atoms with Crippen LogP contribution in [0.25, 0.3) is 0 Å². The molecule has 0 aromatic heterocycles. The molecule has 0 unspecified atom stereocenters. The molecular weight excluding hydrogens is 312 g/mol. The molecule has 25 heavy (non-hydrogen) atoms. The molecule has 0 spiro atoms. The number of carbonyl (C=O) groups is 1. The molecule has 4 heteroatoms. The summed E-state index contributed by atoms with van der Waals surface area (Å²) in [7, 11) is 0. The molecule has 0 bridgehead atoms. The molecule has 3 rings (SSSR count). The van der Waals surface area contributed by atoms with Crippen LogP contribution in [0.5, 0.6) is 0 Å². The Morgan fingerprint density at radius 1 is 1.24 bits per heavy atom. The van der Waals surface area contributed by atoms with Gasteiger partial charge in [-0.1, -0.05) is 42.5 Å². The highest BCUT2D eigenvalue weighted by molar-refractivity contribution is 5.88. The first-order valence-corrected chi connectivity index (χ1v) is 8.95. The molecule has 1 fully saturated rings. The van der Waals surface area contributed by atoms with Crippen molar-refractivity contribution in [2.45, 2.75) is 44.9 Å². The van der Waals surface area contributed by atoms with E-state index in [1.165, 1.54) is 12.5 Å².